The summed E-state index contributed by atoms with van der Waals surface area (Å²) in [6.45, 7) is 0. The molecule has 1 aromatic carbocycles. The number of alkyl halides is 3. The van der Waals surface area contributed by atoms with Crippen LogP contribution in [0.3, 0.4) is 0 Å². The summed E-state index contributed by atoms with van der Waals surface area (Å²) >= 11 is 0. The van der Waals surface area contributed by atoms with Gasteiger partial charge >= 0.3 is 18.3 Å². The smallest absolute Gasteiger partial charge is 0.416 e. The molecule has 1 saturated carbocycles. The standard InChI is InChI=1S/C15H18F3N3O3/c16-15(17,18)9-1-3-10(4-2-9)19-13(22)20-11-5-7-12(8-6-11)21-14(23)24/h1-4,11-12,21H,5-8H2,(H,23,24)(H2,19,20,22). The number of carbonyl (C=O) groups excluding carboxylic acids is 1. The number of halogens is 3. The summed E-state index contributed by atoms with van der Waals surface area (Å²) in [7, 11) is 0. The van der Waals surface area contributed by atoms with Crippen molar-refractivity contribution in [2.24, 2.45) is 0 Å². The van der Waals surface area contributed by atoms with Crippen LogP contribution in [0, 0.1) is 0 Å². The first-order valence-electron chi connectivity index (χ1n) is 7.48. The van der Waals surface area contributed by atoms with Gasteiger partial charge in [0.1, 0.15) is 0 Å². The lowest BCUT2D eigenvalue weighted by Gasteiger charge is -2.28. The molecule has 0 radical (unpaired) electrons. The molecule has 4 N–H and O–H groups in total. The fourth-order valence-corrected chi connectivity index (χ4v) is 2.65. The largest absolute Gasteiger partial charge is 0.465 e. The molecule has 1 aliphatic carbocycles. The van der Waals surface area contributed by atoms with Gasteiger partial charge in [0.05, 0.1) is 5.56 Å². The van der Waals surface area contributed by atoms with Gasteiger partial charge in [-0.2, -0.15) is 13.2 Å². The third-order valence-corrected chi connectivity index (χ3v) is 3.86. The first kappa shape index (κ1) is 17.9. The van der Waals surface area contributed by atoms with Crippen LogP contribution in [0.5, 0.6) is 0 Å². The lowest BCUT2D eigenvalue weighted by atomic mass is 9.91. The summed E-state index contributed by atoms with van der Waals surface area (Å²) in [4.78, 5) is 22.4. The Bertz CT molecular complexity index is 582. The third kappa shape index (κ3) is 5.32. The van der Waals surface area contributed by atoms with Gasteiger partial charge in [-0.15, -0.1) is 0 Å². The van der Waals surface area contributed by atoms with Gasteiger partial charge in [-0.1, -0.05) is 0 Å². The van der Waals surface area contributed by atoms with E-state index in [4.69, 9.17) is 5.11 Å². The zero-order valence-electron chi connectivity index (χ0n) is 12.7. The zero-order chi connectivity index (χ0) is 17.7. The van der Waals surface area contributed by atoms with Gasteiger partial charge in [0.25, 0.3) is 0 Å². The lowest BCUT2D eigenvalue weighted by molar-refractivity contribution is -0.137. The highest BCUT2D eigenvalue weighted by Crippen LogP contribution is 2.29. The Labute approximate surface area is 136 Å². The normalized spacial score (nSPS) is 21.0. The second kappa shape index (κ2) is 7.41. The van der Waals surface area contributed by atoms with E-state index in [1.54, 1.807) is 0 Å². The van der Waals surface area contributed by atoms with Gasteiger partial charge in [-0.25, -0.2) is 9.59 Å². The second-order valence-electron chi connectivity index (χ2n) is 5.67. The molecular weight excluding hydrogens is 327 g/mol. The Kier molecular flexibility index (Phi) is 5.53. The minimum atomic E-state index is -4.41. The molecule has 0 unspecified atom stereocenters. The number of hydrogen-bond donors (Lipinski definition) is 4. The second-order valence-corrected chi connectivity index (χ2v) is 5.67. The Morgan fingerprint density at radius 2 is 1.46 bits per heavy atom. The van der Waals surface area contributed by atoms with Gasteiger partial charge in [-0.05, 0) is 49.9 Å². The molecule has 0 bridgehead atoms. The molecule has 9 heteroatoms. The quantitative estimate of drug-likeness (QED) is 0.677. The number of nitrogens with one attached hydrogen (secondary N) is 3. The highest BCUT2D eigenvalue weighted by Gasteiger charge is 2.30. The minimum Gasteiger partial charge on any atom is -0.465 e. The van der Waals surface area contributed by atoms with Crippen LogP contribution in [-0.2, 0) is 6.18 Å². The summed E-state index contributed by atoms with van der Waals surface area (Å²) < 4.78 is 37.4. The fourth-order valence-electron chi connectivity index (χ4n) is 2.65. The average Bonchev–Trinajstić information content (AvgIpc) is 2.48. The molecule has 0 spiro atoms. The van der Waals surface area contributed by atoms with Crippen LogP contribution in [0.1, 0.15) is 31.2 Å². The van der Waals surface area contributed by atoms with E-state index in [0.29, 0.717) is 25.7 Å². The van der Waals surface area contributed by atoms with E-state index in [1.807, 2.05) is 0 Å². The number of carboxylic acid groups (broad SMARTS) is 1. The molecule has 3 amide bonds. The van der Waals surface area contributed by atoms with Gasteiger partial charge in [-0.3, -0.25) is 0 Å². The van der Waals surface area contributed by atoms with Crippen molar-refractivity contribution in [3.63, 3.8) is 0 Å². The van der Waals surface area contributed by atoms with Crippen molar-refractivity contribution in [3.05, 3.63) is 29.8 Å². The van der Waals surface area contributed by atoms with E-state index in [9.17, 15) is 22.8 Å². The topological polar surface area (TPSA) is 90.5 Å². The number of hydrogen-bond acceptors (Lipinski definition) is 2. The van der Waals surface area contributed by atoms with Crippen LogP contribution >= 0.6 is 0 Å². The van der Waals surface area contributed by atoms with E-state index in [0.717, 1.165) is 12.1 Å². The highest BCUT2D eigenvalue weighted by atomic mass is 19.4. The number of rotatable bonds is 3. The van der Waals surface area contributed by atoms with Crippen molar-refractivity contribution in [1.82, 2.24) is 10.6 Å². The molecule has 24 heavy (non-hydrogen) atoms. The number of benzene rings is 1. The first-order chi connectivity index (χ1) is 11.2. The average molecular weight is 345 g/mol. The Morgan fingerprint density at radius 1 is 0.958 bits per heavy atom. The van der Waals surface area contributed by atoms with Gasteiger partial charge < -0.3 is 21.1 Å². The van der Waals surface area contributed by atoms with Crippen molar-refractivity contribution in [2.75, 3.05) is 5.32 Å². The van der Waals surface area contributed by atoms with Gasteiger partial charge in [0.15, 0.2) is 0 Å². The maximum Gasteiger partial charge on any atom is 0.416 e. The summed E-state index contributed by atoms with van der Waals surface area (Å²) in [5.74, 6) is 0. The number of anilines is 1. The third-order valence-electron chi connectivity index (χ3n) is 3.86. The van der Waals surface area contributed by atoms with Crippen LogP contribution in [0.15, 0.2) is 24.3 Å². The molecule has 1 fully saturated rings. The summed E-state index contributed by atoms with van der Waals surface area (Å²) in [6, 6.07) is 3.48. The molecule has 2 rings (SSSR count). The number of amides is 3. The van der Waals surface area contributed by atoms with Crippen molar-refractivity contribution in [1.29, 1.82) is 0 Å². The molecular formula is C15H18F3N3O3. The van der Waals surface area contributed by atoms with Crippen LogP contribution in [-0.4, -0.2) is 29.3 Å². The lowest BCUT2D eigenvalue weighted by Crippen LogP contribution is -2.44. The summed E-state index contributed by atoms with van der Waals surface area (Å²) in [5.41, 5.74) is -0.514. The van der Waals surface area contributed by atoms with Crippen LogP contribution in [0.2, 0.25) is 0 Å². The minimum absolute atomic E-state index is 0.0914. The first-order valence-corrected chi connectivity index (χ1v) is 7.48. The molecule has 1 aromatic rings. The maximum absolute atomic E-state index is 12.5. The predicted molar refractivity (Wildman–Crippen MR) is 80.8 cm³/mol. The Hall–Kier alpha value is -2.45. The Morgan fingerprint density at radius 3 is 1.92 bits per heavy atom. The summed E-state index contributed by atoms with van der Waals surface area (Å²) in [5, 5.41) is 16.3. The number of carbonyl (C=O) groups is 2. The monoisotopic (exact) mass is 345 g/mol. The highest BCUT2D eigenvalue weighted by molar-refractivity contribution is 5.89. The SMILES string of the molecule is O=C(O)NC1CCC(NC(=O)Nc2ccc(C(F)(F)F)cc2)CC1. The van der Waals surface area contributed by atoms with Gasteiger partial charge in [0.2, 0.25) is 0 Å². The molecule has 6 nitrogen and oxygen atoms in total. The van der Waals surface area contributed by atoms with E-state index in [2.05, 4.69) is 16.0 Å². The number of urea groups is 1. The van der Waals surface area contributed by atoms with E-state index in [-0.39, 0.29) is 17.8 Å². The van der Waals surface area contributed by atoms with E-state index < -0.39 is 23.9 Å². The molecule has 0 heterocycles. The van der Waals surface area contributed by atoms with Crippen molar-refractivity contribution in [3.8, 4) is 0 Å². The molecule has 132 valence electrons. The van der Waals surface area contributed by atoms with E-state index >= 15 is 0 Å². The maximum atomic E-state index is 12.5. The van der Waals surface area contributed by atoms with Crippen LogP contribution < -0.4 is 16.0 Å². The van der Waals surface area contributed by atoms with Gasteiger partial charge in [0, 0.05) is 17.8 Å². The fraction of sp³-hybridized carbons (Fsp3) is 0.467. The van der Waals surface area contributed by atoms with Crippen molar-refractivity contribution >= 4 is 17.8 Å². The molecule has 0 aromatic heterocycles. The molecule has 0 atom stereocenters. The Balaban J connectivity index is 1.79. The summed E-state index contributed by atoms with van der Waals surface area (Å²) in [6.07, 6.45) is -2.97. The zero-order valence-corrected chi connectivity index (χ0v) is 12.7. The van der Waals surface area contributed by atoms with Crippen molar-refractivity contribution < 1.29 is 27.9 Å². The van der Waals surface area contributed by atoms with Crippen molar-refractivity contribution in [2.45, 2.75) is 43.9 Å². The molecule has 0 aliphatic heterocycles. The molecule has 1 aliphatic rings. The van der Waals surface area contributed by atoms with Crippen LogP contribution in [0.25, 0.3) is 0 Å². The predicted octanol–water partition coefficient (Wildman–Crippen LogP) is 3.41. The van der Waals surface area contributed by atoms with Crippen LogP contribution in [0.4, 0.5) is 28.4 Å². The molecule has 0 saturated heterocycles. The van der Waals surface area contributed by atoms with E-state index in [1.165, 1.54) is 12.1 Å².